The van der Waals surface area contributed by atoms with Gasteiger partial charge < -0.3 is 38.6 Å². The Hall–Kier alpha value is -6.30. The molecule has 1 aliphatic heterocycles. The van der Waals surface area contributed by atoms with Gasteiger partial charge in [0.25, 0.3) is 0 Å². The maximum absolute atomic E-state index is 14.3. The van der Waals surface area contributed by atoms with Gasteiger partial charge in [-0.3, -0.25) is 9.59 Å². The number of carbonyl (C=O) groups excluding carboxylic acids is 2. The van der Waals surface area contributed by atoms with Crippen LogP contribution >= 0.6 is 0 Å². The molecule has 0 spiro atoms. The number of ketones is 2. The number of fused-ring (bicyclic) bond motifs is 2. The first-order chi connectivity index (χ1) is 30.6. The predicted molar refractivity (Wildman–Crippen MR) is 237 cm³/mol. The zero-order valence-electron chi connectivity index (χ0n) is 35.7. The van der Waals surface area contributed by atoms with E-state index in [-0.39, 0.29) is 40.2 Å². The quantitative estimate of drug-likeness (QED) is 0.0914. The van der Waals surface area contributed by atoms with Crippen LogP contribution in [-0.2, 0) is 45.2 Å². The zero-order valence-corrected chi connectivity index (χ0v) is 35.7. The van der Waals surface area contributed by atoms with E-state index in [9.17, 15) is 19.8 Å². The van der Waals surface area contributed by atoms with E-state index in [0.29, 0.717) is 56.1 Å². The SMILES string of the molecule is COc1ccc(OCC[C@@](C)(Cc2ccc3c(c2O)C(=O)c2ccc([C@H]4C[C@@H](OCc5ccccc5)[C@H](OCc5ccccc5)[C@@H](C)O4)c(O)c2C3=O)OCc2ccccc2)cc1. The molecular weight excluding hydrogens is 797 g/mol. The molecule has 324 valence electrons. The fourth-order valence-corrected chi connectivity index (χ4v) is 8.44. The van der Waals surface area contributed by atoms with Crippen molar-refractivity contribution in [3.05, 3.63) is 190 Å². The van der Waals surface area contributed by atoms with E-state index < -0.39 is 41.6 Å². The lowest BCUT2D eigenvalue weighted by Crippen LogP contribution is -2.47. The number of hydrogen-bond acceptors (Lipinski definition) is 10. The van der Waals surface area contributed by atoms with Crippen LogP contribution in [0.1, 0.15) is 92.5 Å². The number of phenolic OH excluding ortho intramolecular Hbond substituents is 2. The van der Waals surface area contributed by atoms with Gasteiger partial charge in [0, 0.05) is 36.0 Å². The van der Waals surface area contributed by atoms with Crippen LogP contribution < -0.4 is 9.47 Å². The highest BCUT2D eigenvalue weighted by Gasteiger charge is 2.42. The second-order valence-corrected chi connectivity index (χ2v) is 16.4. The average Bonchev–Trinajstić information content (AvgIpc) is 3.31. The summed E-state index contributed by atoms with van der Waals surface area (Å²) < 4.78 is 37.4. The lowest BCUT2D eigenvalue weighted by Gasteiger charge is -2.41. The van der Waals surface area contributed by atoms with E-state index in [2.05, 4.69) is 0 Å². The lowest BCUT2D eigenvalue weighted by atomic mass is 9.79. The van der Waals surface area contributed by atoms with Gasteiger partial charge in [-0.25, -0.2) is 0 Å². The second-order valence-electron chi connectivity index (χ2n) is 16.4. The van der Waals surface area contributed by atoms with Crippen molar-refractivity contribution in [3.8, 4) is 23.0 Å². The van der Waals surface area contributed by atoms with Crippen molar-refractivity contribution in [2.24, 2.45) is 0 Å². The number of rotatable bonds is 17. The van der Waals surface area contributed by atoms with Crippen molar-refractivity contribution >= 4 is 11.6 Å². The molecule has 1 fully saturated rings. The molecule has 0 saturated carbocycles. The van der Waals surface area contributed by atoms with Crippen LogP contribution in [0.25, 0.3) is 0 Å². The van der Waals surface area contributed by atoms with Gasteiger partial charge in [0.15, 0.2) is 11.6 Å². The van der Waals surface area contributed by atoms with Gasteiger partial charge in [-0.1, -0.05) is 103 Å². The maximum atomic E-state index is 14.3. The number of phenols is 2. The molecule has 63 heavy (non-hydrogen) atoms. The zero-order chi connectivity index (χ0) is 43.9. The van der Waals surface area contributed by atoms with Crippen LogP contribution in [-0.4, -0.2) is 59.4 Å². The van der Waals surface area contributed by atoms with Gasteiger partial charge in [0.05, 0.1) is 68.6 Å². The molecule has 10 heteroatoms. The third-order valence-electron chi connectivity index (χ3n) is 12.0. The first-order valence-corrected chi connectivity index (χ1v) is 21.3. The van der Waals surface area contributed by atoms with Crippen LogP contribution in [0.15, 0.2) is 140 Å². The van der Waals surface area contributed by atoms with Gasteiger partial charge in [-0.2, -0.15) is 0 Å². The number of methoxy groups -OCH3 is 1. The molecule has 2 N–H and O–H groups in total. The van der Waals surface area contributed by atoms with E-state index in [1.54, 1.807) is 25.3 Å². The van der Waals surface area contributed by atoms with Gasteiger partial charge in [0.2, 0.25) is 0 Å². The number of aromatic hydroxyl groups is 2. The predicted octanol–water partition coefficient (Wildman–Crippen LogP) is 9.89. The van der Waals surface area contributed by atoms with E-state index in [0.717, 1.165) is 22.4 Å². The average molecular weight is 849 g/mol. The topological polar surface area (TPSA) is 130 Å². The van der Waals surface area contributed by atoms with Crippen molar-refractivity contribution in [2.45, 2.75) is 82.9 Å². The molecule has 2 aliphatic rings. The Labute approximate surface area is 368 Å². The third-order valence-corrected chi connectivity index (χ3v) is 12.0. The molecule has 6 aromatic carbocycles. The normalized spacial score (nSPS) is 19.2. The first kappa shape index (κ1) is 43.4. The van der Waals surface area contributed by atoms with Gasteiger partial charge in [-0.05, 0) is 72.5 Å². The Morgan fingerprint density at radius 2 is 1.19 bits per heavy atom. The molecule has 8 rings (SSSR count). The first-order valence-electron chi connectivity index (χ1n) is 21.3. The van der Waals surface area contributed by atoms with E-state index in [1.165, 1.54) is 6.07 Å². The van der Waals surface area contributed by atoms with E-state index in [1.807, 2.05) is 129 Å². The summed E-state index contributed by atoms with van der Waals surface area (Å²) in [4.78, 5) is 28.7. The van der Waals surface area contributed by atoms with Gasteiger partial charge in [-0.15, -0.1) is 0 Å². The minimum Gasteiger partial charge on any atom is -0.507 e. The summed E-state index contributed by atoms with van der Waals surface area (Å²) in [5, 5.41) is 23.7. The maximum Gasteiger partial charge on any atom is 0.198 e. The minimum absolute atomic E-state index is 0.00184. The van der Waals surface area contributed by atoms with Crippen LogP contribution in [0, 0.1) is 0 Å². The molecule has 10 nitrogen and oxygen atoms in total. The Balaban J connectivity index is 1.03. The second kappa shape index (κ2) is 19.4. The molecule has 0 aromatic heterocycles. The van der Waals surface area contributed by atoms with Crippen LogP contribution in [0.2, 0.25) is 0 Å². The van der Waals surface area contributed by atoms with E-state index in [4.69, 9.17) is 28.4 Å². The van der Waals surface area contributed by atoms with Crippen LogP contribution in [0.5, 0.6) is 23.0 Å². The molecule has 0 unspecified atom stereocenters. The smallest absolute Gasteiger partial charge is 0.198 e. The summed E-state index contributed by atoms with van der Waals surface area (Å²) in [6.45, 7) is 5.17. The Morgan fingerprint density at radius 3 is 1.79 bits per heavy atom. The monoisotopic (exact) mass is 848 g/mol. The fourth-order valence-electron chi connectivity index (χ4n) is 8.44. The Kier molecular flexibility index (Phi) is 13.3. The summed E-state index contributed by atoms with van der Waals surface area (Å²) in [6.07, 6.45) is -1.01. The third kappa shape index (κ3) is 9.85. The van der Waals surface area contributed by atoms with Crippen LogP contribution in [0.4, 0.5) is 0 Å². The van der Waals surface area contributed by atoms with Gasteiger partial charge in [0.1, 0.15) is 29.1 Å². The fraction of sp³-hybridized carbons (Fsp3) is 0.283. The molecule has 0 radical (unpaired) electrons. The number of ether oxygens (including phenoxy) is 6. The lowest BCUT2D eigenvalue weighted by molar-refractivity contribution is -0.204. The van der Waals surface area contributed by atoms with Crippen molar-refractivity contribution < 1.29 is 48.2 Å². The van der Waals surface area contributed by atoms with Crippen molar-refractivity contribution in [3.63, 3.8) is 0 Å². The molecular formula is C53H52O10. The van der Waals surface area contributed by atoms with Crippen molar-refractivity contribution in [2.75, 3.05) is 13.7 Å². The Morgan fingerprint density at radius 1 is 0.651 bits per heavy atom. The highest BCUT2D eigenvalue weighted by molar-refractivity contribution is 6.30. The highest BCUT2D eigenvalue weighted by atomic mass is 16.6. The molecule has 1 aliphatic carbocycles. The summed E-state index contributed by atoms with van der Waals surface area (Å²) in [6, 6.07) is 43.2. The van der Waals surface area contributed by atoms with Crippen molar-refractivity contribution in [1.82, 2.24) is 0 Å². The van der Waals surface area contributed by atoms with Crippen LogP contribution in [0.3, 0.4) is 0 Å². The summed E-state index contributed by atoms with van der Waals surface area (Å²) in [5.74, 6) is -0.368. The number of benzene rings is 6. The number of carbonyl (C=O) groups is 2. The minimum atomic E-state index is -0.855. The molecule has 5 atom stereocenters. The standard InChI is InChI=1S/C53H52O10/c1-34-52(61-32-36-15-9-5-10-16-36)45(60-31-35-13-7-4-8-14-35)29-44(63-34)41-25-26-43-47(49(41)55)51(57)42-24-19-38(48(54)46(42)50(43)56)30-53(2,62-33-37-17-11-6-12-18-37)27-28-59-40-22-20-39(58-3)21-23-40/h4-26,34,44-45,52,54-55H,27-33H2,1-3H3/t34-,44-,45-,52-,53+/m1/s1. The molecule has 0 amide bonds. The van der Waals surface area contributed by atoms with E-state index >= 15 is 0 Å². The molecule has 1 saturated heterocycles. The van der Waals surface area contributed by atoms with Gasteiger partial charge >= 0.3 is 0 Å². The molecule has 0 bridgehead atoms. The summed E-state index contributed by atoms with van der Waals surface area (Å²) in [7, 11) is 1.61. The summed E-state index contributed by atoms with van der Waals surface area (Å²) >= 11 is 0. The Bertz CT molecular complexity index is 2510. The largest absolute Gasteiger partial charge is 0.507 e. The molecule has 6 aromatic rings. The number of hydrogen-bond donors (Lipinski definition) is 2. The highest BCUT2D eigenvalue weighted by Crippen LogP contribution is 2.45. The van der Waals surface area contributed by atoms with Crippen molar-refractivity contribution in [1.29, 1.82) is 0 Å². The summed E-state index contributed by atoms with van der Waals surface area (Å²) in [5.41, 5.74) is 2.73. The molecule has 1 heterocycles.